The molecule has 8 heteroatoms. The van der Waals surface area contributed by atoms with Gasteiger partial charge in [-0.3, -0.25) is 0 Å². The van der Waals surface area contributed by atoms with Crippen LogP contribution in [0.15, 0.2) is 121 Å². The van der Waals surface area contributed by atoms with Gasteiger partial charge in [-0.1, -0.05) is 183 Å². The molecule has 0 radical (unpaired) electrons. The summed E-state index contributed by atoms with van der Waals surface area (Å²) in [6, 6.07) is 40.7. The summed E-state index contributed by atoms with van der Waals surface area (Å²) in [5.41, 5.74) is 12.7. The maximum absolute atomic E-state index is 16.5. The Morgan fingerprint density at radius 2 is 0.793 bits per heavy atom. The SMILES string of the molecule is Cc1cc(F)cc(-c2cc(C(C)(C)CC(C)(C)C)c(OCCOc3c(C)cc(F)cc3-c3cc(C(C)(C)CC(C)(C)C)cc(-n4c5ccc(C(C)(C)C)cc5c5cc(C(C)(C)C)ccc54)c3O)c(-n3c4ccc(C(C)(C)C)cc4c4cc(C(C)(C)C)ccc43)c2O)c1. The highest BCUT2D eigenvalue weighted by molar-refractivity contribution is 6.12. The molecule has 0 aliphatic rings. The van der Waals surface area contributed by atoms with Crippen LogP contribution < -0.4 is 9.47 Å². The van der Waals surface area contributed by atoms with Crippen LogP contribution in [-0.2, 0) is 32.5 Å². The Morgan fingerprint density at radius 1 is 0.380 bits per heavy atom. The predicted octanol–water partition coefficient (Wildman–Crippen LogP) is 23.6. The normalized spacial score (nSPS) is 13.4. The molecule has 0 saturated carbocycles. The molecule has 92 heavy (non-hydrogen) atoms. The van der Waals surface area contributed by atoms with Gasteiger partial charge in [-0.25, -0.2) is 8.78 Å². The summed E-state index contributed by atoms with van der Waals surface area (Å²) in [5, 5.41) is 31.0. The second kappa shape index (κ2) is 23.2. The number of hydrogen-bond donors (Lipinski definition) is 2. The van der Waals surface area contributed by atoms with Gasteiger partial charge >= 0.3 is 0 Å². The van der Waals surface area contributed by atoms with Crippen molar-refractivity contribution in [3.8, 4) is 56.6 Å². The van der Waals surface area contributed by atoms with Crippen molar-refractivity contribution in [1.29, 1.82) is 0 Å². The number of nitrogens with zero attached hydrogens (tertiary/aromatic N) is 2. The molecule has 0 spiro atoms. The van der Waals surface area contributed by atoms with E-state index < -0.39 is 22.5 Å². The molecule has 0 amide bonds. The monoisotopic (exact) mass is 1240 g/mol. The van der Waals surface area contributed by atoms with Gasteiger partial charge in [-0.15, -0.1) is 0 Å². The Morgan fingerprint density at radius 3 is 1.22 bits per heavy atom. The Balaban J connectivity index is 1.18. The summed E-state index contributed by atoms with van der Waals surface area (Å²) in [4.78, 5) is 0. The molecule has 0 aliphatic heterocycles. The lowest BCUT2D eigenvalue weighted by atomic mass is 9.71. The lowest BCUT2D eigenvalue weighted by Gasteiger charge is -2.35. The van der Waals surface area contributed by atoms with E-state index in [1.165, 1.54) is 46.5 Å². The molecule has 486 valence electrons. The Kier molecular flexibility index (Phi) is 16.9. The van der Waals surface area contributed by atoms with Crippen LogP contribution in [0.4, 0.5) is 8.78 Å². The minimum atomic E-state index is -0.576. The van der Waals surface area contributed by atoms with Crippen molar-refractivity contribution in [2.24, 2.45) is 10.8 Å². The van der Waals surface area contributed by atoms with Crippen molar-refractivity contribution in [1.82, 2.24) is 9.13 Å². The first-order valence-electron chi connectivity index (χ1n) is 33.1. The van der Waals surface area contributed by atoms with Crippen molar-refractivity contribution in [2.45, 2.75) is 212 Å². The van der Waals surface area contributed by atoms with Crippen LogP contribution in [0.1, 0.15) is 210 Å². The summed E-state index contributed by atoms with van der Waals surface area (Å²) < 4.78 is 50.9. The largest absolute Gasteiger partial charge is 0.505 e. The molecular weight excluding hydrogens is 1140 g/mol. The average molecular weight is 1240 g/mol. The van der Waals surface area contributed by atoms with E-state index in [2.05, 4.69) is 240 Å². The van der Waals surface area contributed by atoms with E-state index in [1.54, 1.807) is 0 Å². The standard InChI is InChI=1S/C84H102F2N2O4/c1-49-35-51(38-57(85)36-49)59-46-66(84(23,24)48-78(6,7)8)76(72(74(59)90)88-69-31-27-54(81(15,16)17)41-62(69)63-42-55(82(18,19)20)28-32-70(63)88)92-34-33-91-75-50(2)37-58(86)45-65(75)64-43-56(83(21,22)47-77(3,4)5)44-71(73(64)89)87-67-29-25-52(79(9,10)11)39-60(67)61-40-53(80(12,13)14)26-30-68(61)87/h25-32,35-46,89-90H,33-34,47-48H2,1-24H3. The average Bonchev–Trinajstić information content (AvgIpc) is 1.51. The van der Waals surface area contributed by atoms with Crippen LogP contribution in [-0.4, -0.2) is 32.6 Å². The maximum Gasteiger partial charge on any atom is 0.151 e. The fourth-order valence-electron chi connectivity index (χ4n) is 14.7. The third kappa shape index (κ3) is 13.2. The van der Waals surface area contributed by atoms with Crippen molar-refractivity contribution in [3.63, 3.8) is 0 Å². The van der Waals surface area contributed by atoms with E-state index in [0.717, 1.165) is 73.1 Å². The Bertz CT molecular complexity index is 4360. The summed E-state index contributed by atoms with van der Waals surface area (Å²) >= 11 is 0. The first-order valence-corrected chi connectivity index (χ1v) is 33.1. The number of hydrogen-bond acceptors (Lipinski definition) is 4. The summed E-state index contributed by atoms with van der Waals surface area (Å²) in [6.07, 6.45) is 1.55. The van der Waals surface area contributed by atoms with Crippen LogP contribution in [0.2, 0.25) is 0 Å². The number of aromatic nitrogens is 2. The zero-order chi connectivity index (χ0) is 67.7. The number of aryl methyl sites for hydroxylation is 2. The molecular formula is C84H102F2N2O4. The van der Waals surface area contributed by atoms with Gasteiger partial charge in [-0.05, 0) is 206 Å². The van der Waals surface area contributed by atoms with Crippen LogP contribution >= 0.6 is 0 Å². The van der Waals surface area contributed by atoms with Gasteiger partial charge in [-0.2, -0.15) is 0 Å². The van der Waals surface area contributed by atoms with E-state index in [1.807, 2.05) is 32.0 Å². The van der Waals surface area contributed by atoms with E-state index in [-0.39, 0.29) is 57.2 Å². The smallest absolute Gasteiger partial charge is 0.151 e. The molecule has 8 aromatic carbocycles. The second-order valence-corrected chi connectivity index (χ2v) is 34.5. The molecule has 6 nitrogen and oxygen atoms in total. The number of ether oxygens (including phenoxy) is 2. The molecule has 0 fully saturated rings. The number of aromatic hydroxyl groups is 2. The minimum absolute atomic E-state index is 0.000147. The van der Waals surface area contributed by atoms with Crippen LogP contribution in [0, 0.1) is 36.3 Å². The van der Waals surface area contributed by atoms with Crippen molar-refractivity contribution >= 4 is 43.6 Å². The molecule has 10 rings (SSSR count). The van der Waals surface area contributed by atoms with Gasteiger partial charge in [0.1, 0.15) is 42.0 Å². The van der Waals surface area contributed by atoms with Gasteiger partial charge < -0.3 is 28.8 Å². The molecule has 2 heterocycles. The summed E-state index contributed by atoms with van der Waals surface area (Å²) in [7, 11) is 0. The summed E-state index contributed by atoms with van der Waals surface area (Å²) in [5.74, 6) is -0.0271. The summed E-state index contributed by atoms with van der Waals surface area (Å²) in [6.45, 7) is 52.8. The number of phenols is 2. The van der Waals surface area contributed by atoms with Crippen molar-refractivity contribution in [3.05, 3.63) is 177 Å². The zero-order valence-electron chi connectivity index (χ0n) is 59.7. The molecule has 0 atom stereocenters. The zero-order valence-corrected chi connectivity index (χ0v) is 59.7. The number of phenolic OH excluding ortho intramolecular Hbond substituents is 2. The Labute approximate surface area is 548 Å². The molecule has 0 saturated heterocycles. The highest BCUT2D eigenvalue weighted by atomic mass is 19.1. The van der Waals surface area contributed by atoms with Gasteiger partial charge in [0.2, 0.25) is 0 Å². The lowest BCUT2D eigenvalue weighted by Crippen LogP contribution is -2.26. The van der Waals surface area contributed by atoms with E-state index in [0.29, 0.717) is 50.7 Å². The second-order valence-electron chi connectivity index (χ2n) is 34.5. The van der Waals surface area contributed by atoms with E-state index in [9.17, 15) is 10.2 Å². The predicted molar refractivity (Wildman–Crippen MR) is 385 cm³/mol. The van der Waals surface area contributed by atoms with Crippen LogP contribution in [0.25, 0.3) is 77.2 Å². The third-order valence-corrected chi connectivity index (χ3v) is 18.7. The topological polar surface area (TPSA) is 68.8 Å². The molecule has 0 bridgehead atoms. The van der Waals surface area contributed by atoms with E-state index >= 15 is 8.78 Å². The number of rotatable bonds is 13. The van der Waals surface area contributed by atoms with E-state index in [4.69, 9.17) is 9.47 Å². The fourth-order valence-corrected chi connectivity index (χ4v) is 14.7. The Hall–Kier alpha value is -7.58. The van der Waals surface area contributed by atoms with Crippen molar-refractivity contribution < 1.29 is 28.5 Å². The fraction of sp³-hybridized carbons (Fsp3) is 0.429. The number of benzene rings is 8. The molecule has 2 N–H and O–H groups in total. The maximum atomic E-state index is 16.5. The van der Waals surface area contributed by atoms with Crippen LogP contribution in [0.3, 0.4) is 0 Å². The van der Waals surface area contributed by atoms with Crippen LogP contribution in [0.5, 0.6) is 23.0 Å². The number of fused-ring (bicyclic) bond motifs is 6. The molecule has 2 aromatic heterocycles. The van der Waals surface area contributed by atoms with Gasteiger partial charge in [0, 0.05) is 43.8 Å². The quantitative estimate of drug-likeness (QED) is 0.113. The van der Waals surface area contributed by atoms with Gasteiger partial charge in [0.15, 0.2) is 11.5 Å². The molecule has 10 aromatic rings. The molecule has 0 aliphatic carbocycles. The third-order valence-electron chi connectivity index (χ3n) is 18.7. The number of halogens is 2. The highest BCUT2D eigenvalue weighted by Crippen LogP contribution is 2.53. The van der Waals surface area contributed by atoms with Gasteiger partial charge in [0.25, 0.3) is 0 Å². The van der Waals surface area contributed by atoms with Gasteiger partial charge in [0.05, 0.1) is 27.8 Å². The first kappa shape index (κ1) is 67.3. The molecule has 0 unspecified atom stereocenters. The first-order chi connectivity index (χ1) is 42.3. The lowest BCUT2D eigenvalue weighted by molar-refractivity contribution is 0.209. The minimum Gasteiger partial charge on any atom is -0.505 e. The highest BCUT2D eigenvalue weighted by Gasteiger charge is 2.37. The van der Waals surface area contributed by atoms with Crippen molar-refractivity contribution in [2.75, 3.05) is 13.2 Å².